The number of nitrogens with one attached hydrogen (secondary N) is 2. The summed E-state index contributed by atoms with van der Waals surface area (Å²) in [5, 5.41) is 6.30. The second-order valence-corrected chi connectivity index (χ2v) is 4.34. The Bertz CT molecular complexity index is 364. The smallest absolute Gasteiger partial charge is 1.00 e. The fraction of sp³-hybridized carbons (Fsp3) is 0.462. The van der Waals surface area contributed by atoms with Gasteiger partial charge in [0.1, 0.15) is 0 Å². The standard InChI is InChI=1S/C13H18N2O.Li.H/c1-10-5-7-11(8-6-10)13(16)15-12-4-2-3-9-14-12;;/h5-8,12,14H,2-4,9H2,1H3,(H,15,16);;/q;+1;-1. The summed E-state index contributed by atoms with van der Waals surface area (Å²) in [6.45, 7) is 3.02. The van der Waals surface area contributed by atoms with Crippen molar-refractivity contribution < 1.29 is 25.1 Å². The second kappa shape index (κ2) is 6.86. The molecule has 0 bridgehead atoms. The SMILES string of the molecule is Cc1ccc(C(=O)NC2CCCCN2)cc1.[H-].[Li+]. The molecule has 1 atom stereocenters. The third-order valence-corrected chi connectivity index (χ3v) is 2.93. The Hall–Kier alpha value is -0.753. The summed E-state index contributed by atoms with van der Waals surface area (Å²) >= 11 is 0. The van der Waals surface area contributed by atoms with E-state index in [1.165, 1.54) is 18.4 Å². The van der Waals surface area contributed by atoms with E-state index in [2.05, 4.69) is 10.6 Å². The third kappa shape index (κ3) is 4.20. The van der Waals surface area contributed by atoms with Gasteiger partial charge in [-0.1, -0.05) is 17.7 Å². The van der Waals surface area contributed by atoms with Crippen molar-refractivity contribution in [1.29, 1.82) is 0 Å². The molecule has 4 heteroatoms. The van der Waals surface area contributed by atoms with Gasteiger partial charge in [-0.15, -0.1) is 0 Å². The van der Waals surface area contributed by atoms with Crippen LogP contribution in [0.25, 0.3) is 0 Å². The predicted molar refractivity (Wildman–Crippen MR) is 65.4 cm³/mol. The number of piperidine rings is 1. The van der Waals surface area contributed by atoms with E-state index in [0.717, 1.165) is 18.5 Å². The number of carbonyl (C=O) groups excluding carboxylic acids is 1. The van der Waals surface area contributed by atoms with Gasteiger partial charge in [-0.2, -0.15) is 0 Å². The van der Waals surface area contributed by atoms with Crippen molar-refractivity contribution in [3.05, 3.63) is 35.4 Å². The Morgan fingerprint density at radius 1 is 1.35 bits per heavy atom. The van der Waals surface area contributed by atoms with Crippen LogP contribution >= 0.6 is 0 Å². The van der Waals surface area contributed by atoms with Crippen molar-refractivity contribution in [2.75, 3.05) is 6.54 Å². The van der Waals surface area contributed by atoms with E-state index in [1.807, 2.05) is 31.2 Å². The van der Waals surface area contributed by atoms with E-state index >= 15 is 0 Å². The summed E-state index contributed by atoms with van der Waals surface area (Å²) in [5.41, 5.74) is 1.91. The van der Waals surface area contributed by atoms with E-state index < -0.39 is 0 Å². The van der Waals surface area contributed by atoms with E-state index in [-0.39, 0.29) is 32.4 Å². The Kier molecular flexibility index (Phi) is 5.77. The van der Waals surface area contributed by atoms with Crippen LogP contribution in [0, 0.1) is 6.92 Å². The van der Waals surface area contributed by atoms with Crippen molar-refractivity contribution in [2.24, 2.45) is 0 Å². The summed E-state index contributed by atoms with van der Waals surface area (Å²) in [6, 6.07) is 7.66. The van der Waals surface area contributed by atoms with Crippen LogP contribution in [0.3, 0.4) is 0 Å². The maximum absolute atomic E-state index is 11.9. The van der Waals surface area contributed by atoms with Gasteiger partial charge >= 0.3 is 18.9 Å². The molecule has 0 radical (unpaired) electrons. The van der Waals surface area contributed by atoms with Crippen molar-refractivity contribution in [3.63, 3.8) is 0 Å². The Labute approximate surface area is 116 Å². The Morgan fingerprint density at radius 2 is 2.06 bits per heavy atom. The molecule has 1 aromatic carbocycles. The van der Waals surface area contributed by atoms with Gasteiger partial charge in [-0.3, -0.25) is 10.1 Å². The zero-order chi connectivity index (χ0) is 11.4. The molecular formula is C13H19LiN2O. The molecule has 1 aliphatic heterocycles. The van der Waals surface area contributed by atoms with Crippen LogP contribution in [-0.4, -0.2) is 18.6 Å². The average Bonchev–Trinajstić information content (AvgIpc) is 2.31. The maximum Gasteiger partial charge on any atom is 1.00 e. The second-order valence-electron chi connectivity index (χ2n) is 4.34. The van der Waals surface area contributed by atoms with Crippen LogP contribution in [0.4, 0.5) is 0 Å². The Morgan fingerprint density at radius 3 is 2.65 bits per heavy atom. The molecule has 17 heavy (non-hydrogen) atoms. The number of hydrogen-bond acceptors (Lipinski definition) is 2. The minimum atomic E-state index is 0. The summed E-state index contributed by atoms with van der Waals surface area (Å²) in [7, 11) is 0. The fourth-order valence-electron chi connectivity index (χ4n) is 1.92. The normalized spacial score (nSPS) is 19.2. The molecule has 88 valence electrons. The quantitative estimate of drug-likeness (QED) is 0.631. The maximum atomic E-state index is 11.9. The van der Waals surface area contributed by atoms with Gasteiger partial charge in [0, 0.05) is 5.56 Å². The van der Waals surface area contributed by atoms with E-state index in [0.29, 0.717) is 0 Å². The molecule has 1 aliphatic rings. The van der Waals surface area contributed by atoms with Gasteiger partial charge in [0.05, 0.1) is 6.17 Å². The predicted octanol–water partition coefficient (Wildman–Crippen LogP) is -1.06. The van der Waals surface area contributed by atoms with Crippen molar-refractivity contribution in [3.8, 4) is 0 Å². The van der Waals surface area contributed by atoms with Crippen molar-refractivity contribution >= 4 is 5.91 Å². The van der Waals surface area contributed by atoms with E-state index in [9.17, 15) is 4.79 Å². The van der Waals surface area contributed by atoms with Crippen LogP contribution in [0.5, 0.6) is 0 Å². The zero-order valence-corrected chi connectivity index (χ0v) is 10.6. The molecular weight excluding hydrogens is 207 g/mol. The molecule has 2 N–H and O–H groups in total. The molecule has 0 spiro atoms. The molecule has 1 saturated heterocycles. The monoisotopic (exact) mass is 226 g/mol. The van der Waals surface area contributed by atoms with Gasteiger partial charge in [0.15, 0.2) is 0 Å². The van der Waals surface area contributed by atoms with Gasteiger partial charge in [-0.25, -0.2) is 0 Å². The first-order valence-corrected chi connectivity index (χ1v) is 5.86. The summed E-state index contributed by atoms with van der Waals surface area (Å²) in [6.07, 6.45) is 3.56. The first-order chi connectivity index (χ1) is 7.75. The molecule has 1 unspecified atom stereocenters. The fourth-order valence-corrected chi connectivity index (χ4v) is 1.92. The largest absolute Gasteiger partial charge is 1.00 e. The van der Waals surface area contributed by atoms with Crippen LogP contribution < -0.4 is 29.5 Å². The van der Waals surface area contributed by atoms with Crippen LogP contribution in [0.15, 0.2) is 24.3 Å². The number of aryl methyl sites for hydroxylation is 1. The molecule has 1 heterocycles. The first kappa shape index (κ1) is 14.3. The number of carbonyl (C=O) groups is 1. The van der Waals surface area contributed by atoms with Gasteiger partial charge in [0.2, 0.25) is 0 Å². The molecule has 1 aromatic rings. The Balaban J connectivity index is 0.00000144. The summed E-state index contributed by atoms with van der Waals surface area (Å²) in [5.74, 6) is 0.0133. The molecule has 0 aromatic heterocycles. The van der Waals surface area contributed by atoms with Gasteiger partial charge in [-0.05, 0) is 44.9 Å². The minimum Gasteiger partial charge on any atom is -1.00 e. The number of rotatable bonds is 2. The molecule has 2 rings (SSSR count). The summed E-state index contributed by atoms with van der Waals surface area (Å²) in [4.78, 5) is 11.9. The van der Waals surface area contributed by atoms with E-state index in [1.54, 1.807) is 0 Å². The average molecular weight is 226 g/mol. The minimum absolute atomic E-state index is 0. The third-order valence-electron chi connectivity index (χ3n) is 2.93. The van der Waals surface area contributed by atoms with Crippen molar-refractivity contribution in [2.45, 2.75) is 32.4 Å². The topological polar surface area (TPSA) is 41.1 Å². The van der Waals surface area contributed by atoms with Crippen LogP contribution in [0.1, 0.15) is 36.6 Å². The molecule has 1 fully saturated rings. The van der Waals surface area contributed by atoms with E-state index in [4.69, 9.17) is 0 Å². The molecule has 3 nitrogen and oxygen atoms in total. The zero-order valence-electron chi connectivity index (χ0n) is 11.6. The summed E-state index contributed by atoms with van der Waals surface area (Å²) < 4.78 is 0. The van der Waals surface area contributed by atoms with Gasteiger partial charge < -0.3 is 6.74 Å². The van der Waals surface area contributed by atoms with Crippen LogP contribution in [-0.2, 0) is 0 Å². The van der Waals surface area contributed by atoms with Crippen LogP contribution in [0.2, 0.25) is 0 Å². The first-order valence-electron chi connectivity index (χ1n) is 5.86. The number of benzene rings is 1. The molecule has 0 saturated carbocycles. The van der Waals surface area contributed by atoms with Gasteiger partial charge in [0.25, 0.3) is 5.91 Å². The number of amides is 1. The number of hydrogen-bond donors (Lipinski definition) is 2. The molecule has 1 amide bonds. The van der Waals surface area contributed by atoms with Crippen molar-refractivity contribution in [1.82, 2.24) is 10.6 Å². The molecule has 0 aliphatic carbocycles.